The molecule has 0 atom stereocenters. The van der Waals surface area contributed by atoms with Crippen LogP contribution in [0.4, 0.5) is 11.4 Å². The summed E-state index contributed by atoms with van der Waals surface area (Å²) in [6.07, 6.45) is 1.20. The standard InChI is InChI=1S/C23H21N5O5/c1-15-7-9-17(10-8-15)27-22(31)23(32)28-25-14-19-12-11-18(33-19)13-24-20(29)21(30)26-16-5-3-2-4-6-16/h2-12,14H,13H2,1H3,(H,24,29)(H,26,30)(H,27,31)(H,28,32)/b25-14+. The third-order valence-corrected chi connectivity index (χ3v) is 4.22. The lowest BCUT2D eigenvalue weighted by Gasteiger charge is -2.05. The Labute approximate surface area is 189 Å². The maximum Gasteiger partial charge on any atom is 0.329 e. The van der Waals surface area contributed by atoms with Gasteiger partial charge in [-0.05, 0) is 43.3 Å². The van der Waals surface area contributed by atoms with Crippen molar-refractivity contribution in [2.45, 2.75) is 13.5 Å². The number of aryl methyl sites for hydroxylation is 1. The van der Waals surface area contributed by atoms with Gasteiger partial charge < -0.3 is 20.4 Å². The average Bonchev–Trinajstić information content (AvgIpc) is 3.27. The van der Waals surface area contributed by atoms with E-state index in [1.807, 2.05) is 6.92 Å². The van der Waals surface area contributed by atoms with Crippen molar-refractivity contribution in [1.82, 2.24) is 10.7 Å². The quantitative estimate of drug-likeness (QED) is 0.260. The number of carbonyl (C=O) groups is 4. The minimum atomic E-state index is -0.949. The van der Waals surface area contributed by atoms with E-state index < -0.39 is 23.6 Å². The highest BCUT2D eigenvalue weighted by Crippen LogP contribution is 2.09. The number of benzene rings is 2. The summed E-state index contributed by atoms with van der Waals surface area (Å²) in [6.45, 7) is 1.88. The van der Waals surface area contributed by atoms with Crippen molar-refractivity contribution in [2.75, 3.05) is 10.6 Å². The summed E-state index contributed by atoms with van der Waals surface area (Å²) >= 11 is 0. The van der Waals surface area contributed by atoms with Gasteiger partial charge in [0, 0.05) is 11.4 Å². The summed E-state index contributed by atoms with van der Waals surface area (Å²) in [5, 5.41) is 11.0. The number of rotatable bonds is 6. The zero-order chi connectivity index (χ0) is 23.6. The van der Waals surface area contributed by atoms with Gasteiger partial charge in [-0.1, -0.05) is 35.9 Å². The second-order valence-corrected chi connectivity index (χ2v) is 6.83. The van der Waals surface area contributed by atoms with Gasteiger partial charge in [-0.2, -0.15) is 5.10 Å². The Morgan fingerprint density at radius 1 is 0.788 bits per heavy atom. The Morgan fingerprint density at radius 2 is 1.42 bits per heavy atom. The van der Waals surface area contributed by atoms with Crippen molar-refractivity contribution < 1.29 is 23.6 Å². The smallest absolute Gasteiger partial charge is 0.329 e. The van der Waals surface area contributed by atoms with Crippen LogP contribution in [0.1, 0.15) is 17.1 Å². The van der Waals surface area contributed by atoms with Gasteiger partial charge in [0.25, 0.3) is 0 Å². The fraction of sp³-hybridized carbons (Fsp3) is 0.0870. The van der Waals surface area contributed by atoms with Gasteiger partial charge in [0.15, 0.2) is 0 Å². The molecule has 3 aromatic rings. The van der Waals surface area contributed by atoms with Crippen LogP contribution in [-0.4, -0.2) is 29.8 Å². The van der Waals surface area contributed by atoms with Crippen LogP contribution >= 0.6 is 0 Å². The van der Waals surface area contributed by atoms with Crippen LogP contribution < -0.4 is 21.4 Å². The van der Waals surface area contributed by atoms with E-state index in [1.165, 1.54) is 6.21 Å². The largest absolute Gasteiger partial charge is 0.458 e. The van der Waals surface area contributed by atoms with Crippen molar-refractivity contribution in [2.24, 2.45) is 5.10 Å². The molecule has 0 aliphatic heterocycles. The molecule has 168 valence electrons. The van der Waals surface area contributed by atoms with Gasteiger partial charge in [0.05, 0.1) is 12.8 Å². The molecule has 0 unspecified atom stereocenters. The topological polar surface area (TPSA) is 142 Å². The Bertz CT molecular complexity index is 1170. The lowest BCUT2D eigenvalue weighted by Crippen LogP contribution is -2.34. The molecule has 0 saturated carbocycles. The highest BCUT2D eigenvalue weighted by molar-refractivity contribution is 6.40. The van der Waals surface area contributed by atoms with Gasteiger partial charge in [-0.15, -0.1) is 0 Å². The molecule has 4 N–H and O–H groups in total. The summed E-state index contributed by atoms with van der Waals surface area (Å²) in [6, 6.07) is 18.7. The highest BCUT2D eigenvalue weighted by Gasteiger charge is 2.14. The Kier molecular flexibility index (Phi) is 7.68. The van der Waals surface area contributed by atoms with Crippen molar-refractivity contribution in [1.29, 1.82) is 0 Å². The summed E-state index contributed by atoms with van der Waals surface area (Å²) < 4.78 is 5.43. The molecule has 1 aromatic heterocycles. The lowest BCUT2D eigenvalue weighted by atomic mass is 10.2. The third kappa shape index (κ3) is 7.17. The van der Waals surface area contributed by atoms with Crippen LogP contribution in [0.15, 0.2) is 76.2 Å². The maximum absolute atomic E-state index is 11.9. The van der Waals surface area contributed by atoms with Crippen LogP contribution in [-0.2, 0) is 25.7 Å². The number of hydrogen-bond donors (Lipinski definition) is 4. The predicted molar refractivity (Wildman–Crippen MR) is 121 cm³/mol. The molecule has 0 fully saturated rings. The molecule has 0 spiro atoms. The molecular formula is C23H21N5O5. The third-order valence-electron chi connectivity index (χ3n) is 4.22. The molecule has 10 heteroatoms. The molecule has 3 rings (SSSR count). The summed E-state index contributed by atoms with van der Waals surface area (Å²) in [5.41, 5.74) is 4.11. The minimum Gasteiger partial charge on any atom is -0.458 e. The van der Waals surface area contributed by atoms with Crippen LogP contribution in [0.3, 0.4) is 0 Å². The summed E-state index contributed by atoms with van der Waals surface area (Å²) in [4.78, 5) is 47.5. The minimum absolute atomic E-state index is 0.0276. The van der Waals surface area contributed by atoms with E-state index in [0.29, 0.717) is 17.1 Å². The van der Waals surface area contributed by atoms with Gasteiger partial charge in [-0.3, -0.25) is 19.2 Å². The molecule has 0 saturated heterocycles. The number of para-hydroxylation sites is 1. The predicted octanol–water partition coefficient (Wildman–Crippen LogP) is 1.93. The van der Waals surface area contributed by atoms with E-state index in [1.54, 1.807) is 66.7 Å². The first-order valence-electron chi connectivity index (χ1n) is 9.85. The highest BCUT2D eigenvalue weighted by atomic mass is 16.3. The van der Waals surface area contributed by atoms with Crippen LogP contribution in [0.25, 0.3) is 0 Å². The van der Waals surface area contributed by atoms with E-state index in [4.69, 9.17) is 4.42 Å². The number of nitrogens with one attached hydrogen (secondary N) is 4. The van der Waals surface area contributed by atoms with Gasteiger partial charge in [-0.25, -0.2) is 5.43 Å². The Hall–Kier alpha value is -4.73. The molecular weight excluding hydrogens is 426 g/mol. The Morgan fingerprint density at radius 3 is 2.12 bits per heavy atom. The molecule has 0 bridgehead atoms. The summed E-state index contributed by atoms with van der Waals surface area (Å²) in [7, 11) is 0. The molecule has 0 radical (unpaired) electrons. The van der Waals surface area contributed by atoms with Gasteiger partial charge in [0.1, 0.15) is 11.5 Å². The molecule has 33 heavy (non-hydrogen) atoms. The second kappa shape index (κ2) is 11.0. The average molecular weight is 447 g/mol. The normalized spacial score (nSPS) is 10.5. The number of hydrazone groups is 1. The Balaban J connectivity index is 1.42. The van der Waals surface area contributed by atoms with Crippen LogP contribution in [0, 0.1) is 6.92 Å². The fourth-order valence-corrected chi connectivity index (χ4v) is 2.55. The van der Waals surface area contributed by atoms with Crippen molar-refractivity contribution in [3.05, 3.63) is 83.8 Å². The second-order valence-electron chi connectivity index (χ2n) is 6.83. The monoisotopic (exact) mass is 447 g/mol. The number of furan rings is 1. The maximum atomic E-state index is 11.9. The first-order chi connectivity index (χ1) is 15.9. The first kappa shape index (κ1) is 22.9. The molecule has 10 nitrogen and oxygen atoms in total. The van der Waals surface area contributed by atoms with Crippen LogP contribution in [0.5, 0.6) is 0 Å². The van der Waals surface area contributed by atoms with Gasteiger partial charge in [0.2, 0.25) is 0 Å². The van der Waals surface area contributed by atoms with E-state index in [-0.39, 0.29) is 12.3 Å². The van der Waals surface area contributed by atoms with Gasteiger partial charge >= 0.3 is 23.6 Å². The van der Waals surface area contributed by atoms with E-state index in [2.05, 4.69) is 26.5 Å². The number of anilines is 2. The molecule has 2 aromatic carbocycles. The van der Waals surface area contributed by atoms with E-state index in [0.717, 1.165) is 5.56 Å². The molecule has 4 amide bonds. The number of nitrogens with zero attached hydrogens (tertiary/aromatic N) is 1. The summed E-state index contributed by atoms with van der Waals surface area (Å²) in [5.74, 6) is -2.81. The molecule has 0 aliphatic rings. The van der Waals surface area contributed by atoms with E-state index >= 15 is 0 Å². The SMILES string of the molecule is Cc1ccc(NC(=O)C(=O)N/N=C/c2ccc(CNC(=O)C(=O)Nc3ccccc3)o2)cc1. The fourth-order valence-electron chi connectivity index (χ4n) is 2.55. The molecule has 0 aliphatic carbocycles. The zero-order valence-electron chi connectivity index (χ0n) is 17.6. The molecule has 1 heterocycles. The number of hydrogen-bond acceptors (Lipinski definition) is 6. The number of carbonyl (C=O) groups excluding carboxylic acids is 4. The lowest BCUT2D eigenvalue weighted by molar-refractivity contribution is -0.136. The van der Waals surface area contributed by atoms with Crippen molar-refractivity contribution in [3.63, 3.8) is 0 Å². The van der Waals surface area contributed by atoms with Crippen LogP contribution in [0.2, 0.25) is 0 Å². The van der Waals surface area contributed by atoms with Crippen molar-refractivity contribution in [3.8, 4) is 0 Å². The van der Waals surface area contributed by atoms with Crippen molar-refractivity contribution >= 4 is 41.2 Å². The first-order valence-corrected chi connectivity index (χ1v) is 9.85. The number of amides is 4. The zero-order valence-corrected chi connectivity index (χ0v) is 17.6. The van der Waals surface area contributed by atoms with E-state index in [9.17, 15) is 19.2 Å².